The second-order valence-corrected chi connectivity index (χ2v) is 8.96. The molecule has 0 unspecified atom stereocenters. The Morgan fingerprint density at radius 2 is 1.93 bits per heavy atom. The van der Waals surface area contributed by atoms with Crippen LogP contribution in [0.15, 0.2) is 24.3 Å². The Labute approximate surface area is 166 Å². The van der Waals surface area contributed by atoms with E-state index in [1.165, 1.54) is 0 Å². The van der Waals surface area contributed by atoms with E-state index in [-0.39, 0.29) is 16.7 Å². The number of hydrogen-bond acceptors (Lipinski definition) is 5. The molecular weight excluding hydrogens is 354 g/mol. The summed E-state index contributed by atoms with van der Waals surface area (Å²) in [7, 11) is 3.35. The van der Waals surface area contributed by atoms with Gasteiger partial charge in [-0.25, -0.2) is 9.97 Å². The molecule has 150 valence electrons. The number of ether oxygens (including phenoxy) is 2. The lowest BCUT2D eigenvalue weighted by Gasteiger charge is -2.56. The Hall–Kier alpha value is -2.21. The minimum absolute atomic E-state index is 0.133. The first-order valence-corrected chi connectivity index (χ1v) is 9.95. The molecule has 1 aromatic heterocycles. The molecule has 1 aliphatic carbocycles. The minimum atomic E-state index is 0.133. The molecule has 0 bridgehead atoms. The Bertz CT molecular complexity index is 898. The molecule has 0 radical (unpaired) electrons. The number of amides is 1. The highest BCUT2D eigenvalue weighted by atomic mass is 16.5. The molecule has 6 nitrogen and oxygen atoms in total. The number of aryl methyl sites for hydroxylation is 1. The summed E-state index contributed by atoms with van der Waals surface area (Å²) in [5, 5.41) is 0. The smallest absolute Gasteiger partial charge is 0.235 e. The third kappa shape index (κ3) is 3.13. The van der Waals surface area contributed by atoms with Crippen LogP contribution in [-0.2, 0) is 16.0 Å². The van der Waals surface area contributed by atoms with Gasteiger partial charge in [-0.2, -0.15) is 0 Å². The molecular formula is C22H29N3O3. The fourth-order valence-corrected chi connectivity index (χ4v) is 5.53. The molecule has 6 heteroatoms. The highest BCUT2D eigenvalue weighted by Gasteiger charge is 2.63. The minimum Gasteiger partial charge on any atom is -0.480 e. The normalized spacial score (nSPS) is 25.4. The van der Waals surface area contributed by atoms with E-state index in [0.717, 1.165) is 42.8 Å². The lowest BCUT2D eigenvalue weighted by Crippen LogP contribution is -2.55. The van der Waals surface area contributed by atoms with E-state index >= 15 is 0 Å². The van der Waals surface area contributed by atoms with Gasteiger partial charge in [0.25, 0.3) is 0 Å². The van der Waals surface area contributed by atoms with Crippen LogP contribution in [0.3, 0.4) is 0 Å². The van der Waals surface area contributed by atoms with Crippen molar-refractivity contribution in [3.8, 4) is 5.88 Å². The molecule has 2 aromatic rings. The Morgan fingerprint density at radius 3 is 2.57 bits per heavy atom. The second kappa shape index (κ2) is 6.99. The summed E-state index contributed by atoms with van der Waals surface area (Å²) in [4.78, 5) is 24.2. The third-order valence-corrected chi connectivity index (χ3v) is 6.56. The molecule has 0 spiro atoms. The molecule has 1 aromatic carbocycles. The number of para-hydroxylation sites is 2. The summed E-state index contributed by atoms with van der Waals surface area (Å²) in [6.07, 6.45) is 2.06. The molecule has 4 rings (SSSR count). The van der Waals surface area contributed by atoms with Gasteiger partial charge in [0.2, 0.25) is 11.8 Å². The first kappa shape index (κ1) is 19.1. The van der Waals surface area contributed by atoms with Gasteiger partial charge in [-0.05, 0) is 29.9 Å². The van der Waals surface area contributed by atoms with Crippen molar-refractivity contribution in [1.82, 2.24) is 14.9 Å². The van der Waals surface area contributed by atoms with Crippen molar-refractivity contribution in [2.24, 2.45) is 16.7 Å². The summed E-state index contributed by atoms with van der Waals surface area (Å²) in [6, 6.07) is 7.72. The molecule has 1 amide bonds. The Morgan fingerprint density at radius 1 is 1.21 bits per heavy atom. The molecule has 1 saturated carbocycles. The predicted octanol–water partition coefficient (Wildman–Crippen LogP) is 3.09. The van der Waals surface area contributed by atoms with Gasteiger partial charge in [-0.1, -0.05) is 26.0 Å². The van der Waals surface area contributed by atoms with Crippen molar-refractivity contribution >= 4 is 16.9 Å². The van der Waals surface area contributed by atoms with Crippen LogP contribution in [0.5, 0.6) is 5.88 Å². The maximum atomic E-state index is 13.0. The number of methoxy groups -OCH3 is 2. The van der Waals surface area contributed by atoms with Gasteiger partial charge in [-0.3, -0.25) is 4.79 Å². The van der Waals surface area contributed by atoms with Crippen LogP contribution in [0.25, 0.3) is 11.0 Å². The summed E-state index contributed by atoms with van der Waals surface area (Å²) in [6.45, 7) is 6.96. The monoisotopic (exact) mass is 383 g/mol. The van der Waals surface area contributed by atoms with E-state index < -0.39 is 0 Å². The average Bonchev–Trinajstić information content (AvgIpc) is 3.00. The second-order valence-electron chi connectivity index (χ2n) is 8.96. The maximum Gasteiger partial charge on any atom is 0.235 e. The molecule has 0 N–H and O–H groups in total. The summed E-state index contributed by atoms with van der Waals surface area (Å²) in [5.41, 5.74) is 2.78. The number of fused-ring (bicyclic) bond motifs is 2. The van der Waals surface area contributed by atoms with Crippen LogP contribution < -0.4 is 4.74 Å². The first-order chi connectivity index (χ1) is 13.4. The van der Waals surface area contributed by atoms with E-state index in [4.69, 9.17) is 9.47 Å². The number of aromatic nitrogens is 2. The van der Waals surface area contributed by atoms with E-state index in [9.17, 15) is 4.79 Å². The van der Waals surface area contributed by atoms with Crippen molar-refractivity contribution in [2.45, 2.75) is 33.1 Å². The number of carbonyl (C=O) groups is 1. The summed E-state index contributed by atoms with van der Waals surface area (Å²) in [5.74, 6) is 1.20. The largest absolute Gasteiger partial charge is 0.480 e. The third-order valence-electron chi connectivity index (χ3n) is 6.56. The van der Waals surface area contributed by atoms with E-state index in [2.05, 4.69) is 23.8 Å². The van der Waals surface area contributed by atoms with E-state index in [0.29, 0.717) is 24.6 Å². The predicted molar refractivity (Wildman–Crippen MR) is 107 cm³/mol. The van der Waals surface area contributed by atoms with Crippen LogP contribution >= 0.6 is 0 Å². The van der Waals surface area contributed by atoms with Crippen molar-refractivity contribution < 1.29 is 14.3 Å². The molecule has 2 heterocycles. The fourth-order valence-electron chi connectivity index (χ4n) is 5.53. The average molecular weight is 383 g/mol. The summed E-state index contributed by atoms with van der Waals surface area (Å²) < 4.78 is 10.9. The number of benzene rings is 1. The Balaban J connectivity index is 1.46. The van der Waals surface area contributed by atoms with Crippen LogP contribution in [0.1, 0.15) is 32.4 Å². The van der Waals surface area contributed by atoms with Crippen LogP contribution in [0, 0.1) is 16.7 Å². The maximum absolute atomic E-state index is 13.0. The quantitative estimate of drug-likeness (QED) is 0.767. The molecule has 1 aliphatic heterocycles. The zero-order chi connectivity index (χ0) is 19.9. The van der Waals surface area contributed by atoms with Crippen LogP contribution in [0.2, 0.25) is 0 Å². The lowest BCUT2D eigenvalue weighted by molar-refractivity contribution is -0.131. The van der Waals surface area contributed by atoms with Gasteiger partial charge in [0.05, 0.1) is 24.8 Å². The van der Waals surface area contributed by atoms with E-state index in [1.54, 1.807) is 14.2 Å². The van der Waals surface area contributed by atoms with Crippen molar-refractivity contribution in [3.05, 3.63) is 30.0 Å². The molecule has 28 heavy (non-hydrogen) atoms. The SMILES string of the molecule is COC[C@@]12CN(C(=O)CCc3nc4ccccc4nc3OC)C[C@@H]1C(C)(C)C2. The van der Waals surface area contributed by atoms with Gasteiger partial charge < -0.3 is 14.4 Å². The molecule has 2 aliphatic rings. The van der Waals surface area contributed by atoms with Crippen LogP contribution in [0.4, 0.5) is 0 Å². The van der Waals surface area contributed by atoms with Gasteiger partial charge in [0, 0.05) is 38.5 Å². The highest BCUT2D eigenvalue weighted by Crippen LogP contribution is 2.62. The van der Waals surface area contributed by atoms with Gasteiger partial charge in [-0.15, -0.1) is 0 Å². The van der Waals surface area contributed by atoms with Crippen LogP contribution in [-0.4, -0.2) is 54.7 Å². The van der Waals surface area contributed by atoms with Crippen molar-refractivity contribution in [1.29, 1.82) is 0 Å². The molecule has 1 saturated heterocycles. The summed E-state index contributed by atoms with van der Waals surface area (Å²) >= 11 is 0. The zero-order valence-electron chi connectivity index (χ0n) is 17.2. The van der Waals surface area contributed by atoms with Gasteiger partial charge in [0.1, 0.15) is 5.69 Å². The first-order valence-electron chi connectivity index (χ1n) is 9.95. The van der Waals surface area contributed by atoms with Gasteiger partial charge in [0.15, 0.2) is 0 Å². The van der Waals surface area contributed by atoms with Gasteiger partial charge >= 0.3 is 0 Å². The molecule has 2 fully saturated rings. The van der Waals surface area contributed by atoms with Crippen molar-refractivity contribution in [3.63, 3.8) is 0 Å². The van der Waals surface area contributed by atoms with E-state index in [1.807, 2.05) is 29.2 Å². The standard InChI is InChI=1S/C22H29N3O3/c1-21(2)12-22(14-27-3)13-25(11-18(21)22)19(26)10-9-17-20(28-4)24-16-8-6-5-7-15(16)23-17/h5-8,18H,9-14H2,1-4H3/t18-,22-/m1/s1. The number of carbonyl (C=O) groups excluding carboxylic acids is 1. The highest BCUT2D eigenvalue weighted by molar-refractivity contribution is 5.78. The lowest BCUT2D eigenvalue weighted by atomic mass is 9.48. The zero-order valence-corrected chi connectivity index (χ0v) is 17.2. The Kier molecular flexibility index (Phi) is 4.78. The molecule has 2 atom stereocenters. The topological polar surface area (TPSA) is 64.5 Å². The number of rotatable bonds is 6. The number of nitrogens with zero attached hydrogens (tertiary/aromatic N) is 3. The number of likely N-dealkylation sites (tertiary alicyclic amines) is 1. The fraction of sp³-hybridized carbons (Fsp3) is 0.591. The van der Waals surface area contributed by atoms with Crippen molar-refractivity contribution in [2.75, 3.05) is 33.9 Å². The number of hydrogen-bond donors (Lipinski definition) is 0.